The van der Waals surface area contributed by atoms with E-state index in [9.17, 15) is 4.57 Å². The van der Waals surface area contributed by atoms with Crippen LogP contribution in [-0.4, -0.2) is 23.4 Å². The minimum atomic E-state index is -3.06. The highest BCUT2D eigenvalue weighted by atomic mass is 31.2. The number of benzene rings is 4. The molecular formula is C26H27N2OP. The lowest BCUT2D eigenvalue weighted by atomic mass is 10.1. The lowest BCUT2D eigenvalue weighted by molar-refractivity contribution is 0.392. The van der Waals surface area contributed by atoms with Gasteiger partial charge < -0.3 is 0 Å². The molecule has 4 rings (SSSR count). The standard InChI is InChI=1S/C26H27N2OP/c1-27(20-22-12-5-3-6-13-22)30(29,28(2)21-23-14-7-4-8-15-23)26-19-11-17-24-16-9-10-18-25(24)26/h3-19H,20-21H2,1-2H3. The molecule has 4 heteroatoms. The summed E-state index contributed by atoms with van der Waals surface area (Å²) in [6.45, 7) is 1.22. The fourth-order valence-corrected chi connectivity index (χ4v) is 6.74. The third kappa shape index (κ3) is 4.11. The molecular weight excluding hydrogens is 387 g/mol. The van der Waals surface area contributed by atoms with Crippen LogP contribution in [0, 0.1) is 0 Å². The zero-order valence-electron chi connectivity index (χ0n) is 17.5. The molecule has 0 aliphatic rings. The first-order valence-electron chi connectivity index (χ1n) is 10.2. The highest BCUT2D eigenvalue weighted by Crippen LogP contribution is 2.53. The Bertz CT molecular complexity index is 1100. The highest BCUT2D eigenvalue weighted by molar-refractivity contribution is 7.67. The molecule has 0 N–H and O–H groups in total. The van der Waals surface area contributed by atoms with Crippen molar-refractivity contribution in [3.8, 4) is 0 Å². The number of hydrogen-bond acceptors (Lipinski definition) is 1. The van der Waals surface area contributed by atoms with Gasteiger partial charge in [-0.1, -0.05) is 97.1 Å². The van der Waals surface area contributed by atoms with Gasteiger partial charge in [-0.2, -0.15) is 0 Å². The summed E-state index contributed by atoms with van der Waals surface area (Å²) in [6, 6.07) is 34.8. The molecule has 4 aromatic carbocycles. The van der Waals surface area contributed by atoms with E-state index in [1.54, 1.807) is 0 Å². The monoisotopic (exact) mass is 414 g/mol. The Labute approximate surface area is 179 Å². The lowest BCUT2D eigenvalue weighted by Crippen LogP contribution is -2.33. The van der Waals surface area contributed by atoms with E-state index in [1.807, 2.05) is 84.1 Å². The van der Waals surface area contributed by atoms with Gasteiger partial charge in [0.2, 0.25) is 7.44 Å². The fourth-order valence-electron chi connectivity index (χ4n) is 3.98. The van der Waals surface area contributed by atoms with Gasteiger partial charge in [-0.15, -0.1) is 0 Å². The van der Waals surface area contributed by atoms with Crippen LogP contribution in [0.4, 0.5) is 0 Å². The van der Waals surface area contributed by atoms with Gasteiger partial charge in [0.25, 0.3) is 0 Å². The van der Waals surface area contributed by atoms with Gasteiger partial charge in [-0.05, 0) is 42.1 Å². The van der Waals surface area contributed by atoms with Crippen molar-refractivity contribution in [2.45, 2.75) is 13.1 Å². The molecule has 4 aromatic rings. The summed E-state index contributed by atoms with van der Waals surface area (Å²) < 4.78 is 18.9. The maximum Gasteiger partial charge on any atom is 0.246 e. The van der Waals surface area contributed by atoms with Crippen molar-refractivity contribution in [3.05, 3.63) is 114 Å². The van der Waals surface area contributed by atoms with Gasteiger partial charge in [0.15, 0.2) is 0 Å². The van der Waals surface area contributed by atoms with Crippen LogP contribution < -0.4 is 5.30 Å². The van der Waals surface area contributed by atoms with Crippen molar-refractivity contribution < 1.29 is 4.57 Å². The second-order valence-corrected chi connectivity index (χ2v) is 10.6. The molecule has 0 saturated heterocycles. The normalized spacial score (nSPS) is 12.0. The molecule has 152 valence electrons. The van der Waals surface area contributed by atoms with E-state index in [0.29, 0.717) is 13.1 Å². The summed E-state index contributed by atoms with van der Waals surface area (Å²) in [5.41, 5.74) is 2.29. The van der Waals surface area contributed by atoms with Gasteiger partial charge in [0.1, 0.15) is 0 Å². The average Bonchev–Trinajstić information content (AvgIpc) is 2.79. The van der Waals surface area contributed by atoms with E-state index in [2.05, 4.69) is 42.5 Å². The number of hydrogen-bond donors (Lipinski definition) is 0. The molecule has 0 heterocycles. The fraction of sp³-hybridized carbons (Fsp3) is 0.154. The molecule has 0 aliphatic heterocycles. The highest BCUT2D eigenvalue weighted by Gasteiger charge is 2.36. The average molecular weight is 414 g/mol. The van der Waals surface area contributed by atoms with Gasteiger partial charge in [0.05, 0.1) is 0 Å². The smallest absolute Gasteiger partial charge is 0.246 e. The molecule has 0 unspecified atom stereocenters. The lowest BCUT2D eigenvalue weighted by Gasteiger charge is -2.36. The first-order valence-corrected chi connectivity index (χ1v) is 11.8. The van der Waals surface area contributed by atoms with Crippen LogP contribution in [0.5, 0.6) is 0 Å². The van der Waals surface area contributed by atoms with Crippen molar-refractivity contribution in [2.24, 2.45) is 0 Å². The van der Waals surface area contributed by atoms with E-state index in [0.717, 1.165) is 27.2 Å². The third-order valence-corrected chi connectivity index (χ3v) is 8.67. The Morgan fingerprint density at radius 1 is 0.600 bits per heavy atom. The van der Waals surface area contributed by atoms with Crippen molar-refractivity contribution in [1.29, 1.82) is 0 Å². The molecule has 0 aliphatic carbocycles. The number of nitrogens with zero attached hydrogens (tertiary/aromatic N) is 2. The SMILES string of the molecule is CN(Cc1ccccc1)P(=O)(c1cccc2ccccc12)N(C)Cc1ccccc1. The molecule has 0 amide bonds. The van der Waals surface area contributed by atoms with Gasteiger partial charge in [-0.25, -0.2) is 9.34 Å². The van der Waals surface area contributed by atoms with Crippen LogP contribution >= 0.6 is 7.44 Å². The van der Waals surface area contributed by atoms with Gasteiger partial charge in [-0.3, -0.25) is 4.57 Å². The van der Waals surface area contributed by atoms with Crippen LogP contribution in [0.25, 0.3) is 10.8 Å². The van der Waals surface area contributed by atoms with Crippen LogP contribution in [-0.2, 0) is 17.7 Å². The maximum atomic E-state index is 14.9. The topological polar surface area (TPSA) is 23.6 Å². The Morgan fingerprint density at radius 2 is 1.07 bits per heavy atom. The minimum Gasteiger partial charge on any atom is -0.283 e. The van der Waals surface area contributed by atoms with E-state index in [-0.39, 0.29) is 0 Å². The summed E-state index contributed by atoms with van der Waals surface area (Å²) in [7, 11) is 0.875. The molecule has 0 radical (unpaired) electrons. The number of fused-ring (bicyclic) bond motifs is 1. The molecule has 30 heavy (non-hydrogen) atoms. The molecule has 0 atom stereocenters. The summed E-state index contributed by atoms with van der Waals surface area (Å²) in [6.07, 6.45) is 0. The maximum absolute atomic E-state index is 14.9. The summed E-state index contributed by atoms with van der Waals surface area (Å²) >= 11 is 0. The summed E-state index contributed by atoms with van der Waals surface area (Å²) in [5.74, 6) is 0. The molecule has 0 spiro atoms. The van der Waals surface area contributed by atoms with E-state index in [1.165, 1.54) is 0 Å². The molecule has 0 fully saturated rings. The summed E-state index contributed by atoms with van der Waals surface area (Å²) in [5, 5.41) is 3.04. The largest absolute Gasteiger partial charge is 0.283 e. The Morgan fingerprint density at radius 3 is 1.63 bits per heavy atom. The Hall–Kier alpha value is -2.71. The van der Waals surface area contributed by atoms with Crippen molar-refractivity contribution in [2.75, 3.05) is 14.1 Å². The second-order valence-electron chi connectivity index (χ2n) is 7.65. The van der Waals surface area contributed by atoms with Gasteiger partial charge >= 0.3 is 0 Å². The molecule has 3 nitrogen and oxygen atoms in total. The quantitative estimate of drug-likeness (QED) is 0.351. The van der Waals surface area contributed by atoms with Crippen LogP contribution in [0.1, 0.15) is 11.1 Å². The van der Waals surface area contributed by atoms with E-state index < -0.39 is 7.44 Å². The molecule has 0 aromatic heterocycles. The zero-order chi connectivity index (χ0) is 21.0. The first-order chi connectivity index (χ1) is 14.6. The van der Waals surface area contributed by atoms with Crippen molar-refractivity contribution >= 4 is 23.5 Å². The van der Waals surface area contributed by atoms with Crippen molar-refractivity contribution in [3.63, 3.8) is 0 Å². The van der Waals surface area contributed by atoms with Crippen molar-refractivity contribution in [1.82, 2.24) is 9.34 Å². The molecule has 0 saturated carbocycles. The Balaban J connectivity index is 1.80. The predicted octanol–water partition coefficient (Wildman–Crippen LogP) is 5.92. The van der Waals surface area contributed by atoms with Crippen LogP contribution in [0.2, 0.25) is 0 Å². The Kier molecular flexibility index (Phi) is 6.15. The van der Waals surface area contributed by atoms with E-state index in [4.69, 9.17) is 0 Å². The van der Waals surface area contributed by atoms with E-state index >= 15 is 0 Å². The van der Waals surface area contributed by atoms with Crippen LogP contribution in [0.3, 0.4) is 0 Å². The first kappa shape index (κ1) is 20.6. The van der Waals surface area contributed by atoms with Crippen LogP contribution in [0.15, 0.2) is 103 Å². The zero-order valence-corrected chi connectivity index (χ0v) is 18.4. The molecule has 0 bridgehead atoms. The number of rotatable bonds is 7. The second kappa shape index (κ2) is 8.97. The van der Waals surface area contributed by atoms with Gasteiger partial charge in [0, 0.05) is 18.4 Å². The third-order valence-electron chi connectivity index (χ3n) is 5.51. The minimum absolute atomic E-state index is 0.612. The summed E-state index contributed by atoms with van der Waals surface area (Å²) in [4.78, 5) is 0. The predicted molar refractivity (Wildman–Crippen MR) is 127 cm³/mol.